The first-order chi connectivity index (χ1) is 12.3. The van der Waals surface area contributed by atoms with Crippen LogP contribution in [0.3, 0.4) is 0 Å². The minimum absolute atomic E-state index is 0.751. The van der Waals surface area contributed by atoms with Crippen LogP contribution in [0.2, 0.25) is 0 Å². The van der Waals surface area contributed by atoms with Gasteiger partial charge in [-0.05, 0) is 18.2 Å². The van der Waals surface area contributed by atoms with E-state index in [0.29, 0.717) is 0 Å². The lowest BCUT2D eigenvalue weighted by Crippen LogP contribution is -1.98. The molecule has 3 aromatic heterocycles. The molecule has 0 saturated carbocycles. The number of pyridine rings is 1. The number of rotatable bonds is 4. The van der Waals surface area contributed by atoms with E-state index in [1.54, 1.807) is 18.6 Å². The van der Waals surface area contributed by atoms with Gasteiger partial charge in [-0.2, -0.15) is 10.2 Å². The van der Waals surface area contributed by atoms with Crippen LogP contribution in [-0.2, 0) is 0 Å². The Morgan fingerprint density at radius 3 is 2.68 bits per heavy atom. The molecule has 0 bridgehead atoms. The number of nitrogens with zero attached hydrogens (tertiary/aromatic N) is 3. The summed E-state index contributed by atoms with van der Waals surface area (Å²) in [5.41, 5.74) is 5.10. The quantitative estimate of drug-likeness (QED) is 0.515. The van der Waals surface area contributed by atoms with E-state index in [4.69, 9.17) is 0 Å². The third-order valence-electron chi connectivity index (χ3n) is 3.64. The average molecular weight is 332 g/mol. The SMILES string of the molecule is C=C(Nc1cn[nH]c1-c1n[nH]c2ccccc12)c1cccnc1.CC. The molecule has 4 rings (SSSR count). The summed E-state index contributed by atoms with van der Waals surface area (Å²) in [5.74, 6) is 0. The van der Waals surface area contributed by atoms with Crippen LogP contribution in [0.25, 0.3) is 28.0 Å². The number of fused-ring (bicyclic) bond motifs is 1. The van der Waals surface area contributed by atoms with Gasteiger partial charge < -0.3 is 5.32 Å². The molecule has 3 heterocycles. The number of nitrogens with one attached hydrogen (secondary N) is 3. The van der Waals surface area contributed by atoms with Crippen molar-refractivity contribution in [2.24, 2.45) is 0 Å². The first kappa shape index (κ1) is 16.4. The molecule has 0 radical (unpaired) electrons. The molecule has 6 heteroatoms. The maximum Gasteiger partial charge on any atom is 0.120 e. The zero-order valence-electron chi connectivity index (χ0n) is 14.2. The highest BCUT2D eigenvalue weighted by atomic mass is 15.2. The summed E-state index contributed by atoms with van der Waals surface area (Å²) in [7, 11) is 0. The van der Waals surface area contributed by atoms with Crippen molar-refractivity contribution < 1.29 is 0 Å². The van der Waals surface area contributed by atoms with Crippen molar-refractivity contribution >= 4 is 22.3 Å². The molecule has 0 spiro atoms. The van der Waals surface area contributed by atoms with Crippen LogP contribution in [0, 0.1) is 0 Å². The van der Waals surface area contributed by atoms with Gasteiger partial charge in [-0.1, -0.05) is 38.6 Å². The van der Waals surface area contributed by atoms with Gasteiger partial charge in [0.15, 0.2) is 0 Å². The molecule has 0 saturated heterocycles. The van der Waals surface area contributed by atoms with Crippen LogP contribution in [-0.4, -0.2) is 25.4 Å². The standard InChI is InChI=1S/C17H14N6.C2H6/c1-11(12-5-4-8-18-9-12)20-15-10-19-22-17(15)16-13-6-2-3-7-14(13)21-23-16;1-2/h2-10,20H,1H2,(H,19,22)(H,21,23);1-2H3. The summed E-state index contributed by atoms with van der Waals surface area (Å²) in [4.78, 5) is 4.11. The van der Waals surface area contributed by atoms with Crippen molar-refractivity contribution in [1.82, 2.24) is 25.4 Å². The van der Waals surface area contributed by atoms with Crippen LogP contribution in [0.5, 0.6) is 0 Å². The van der Waals surface area contributed by atoms with Crippen LogP contribution in [0.15, 0.2) is 61.6 Å². The lowest BCUT2D eigenvalue weighted by atomic mass is 10.1. The van der Waals surface area contributed by atoms with Crippen LogP contribution < -0.4 is 5.32 Å². The van der Waals surface area contributed by atoms with E-state index in [0.717, 1.165) is 39.2 Å². The largest absolute Gasteiger partial charge is 0.352 e. The number of hydrogen-bond acceptors (Lipinski definition) is 4. The normalized spacial score (nSPS) is 10.2. The molecule has 25 heavy (non-hydrogen) atoms. The summed E-state index contributed by atoms with van der Waals surface area (Å²) in [6.45, 7) is 8.06. The van der Waals surface area contributed by atoms with Gasteiger partial charge in [0.2, 0.25) is 0 Å². The summed E-state index contributed by atoms with van der Waals surface area (Å²) < 4.78 is 0. The molecule has 0 atom stereocenters. The van der Waals surface area contributed by atoms with Crippen LogP contribution in [0.4, 0.5) is 5.69 Å². The number of H-pyrrole nitrogens is 2. The predicted octanol–water partition coefficient (Wildman–Crippen LogP) is 4.46. The number of hydrogen-bond donors (Lipinski definition) is 3. The van der Waals surface area contributed by atoms with Crippen molar-refractivity contribution in [2.45, 2.75) is 13.8 Å². The van der Waals surface area contributed by atoms with E-state index in [9.17, 15) is 0 Å². The molecule has 0 aliphatic heterocycles. The Morgan fingerprint density at radius 1 is 1.04 bits per heavy atom. The Kier molecular flexibility index (Phi) is 4.89. The molecule has 0 aliphatic rings. The zero-order chi connectivity index (χ0) is 17.6. The molecule has 6 nitrogen and oxygen atoms in total. The van der Waals surface area contributed by atoms with E-state index < -0.39 is 0 Å². The van der Waals surface area contributed by atoms with Crippen LogP contribution >= 0.6 is 0 Å². The molecule has 0 unspecified atom stereocenters. The predicted molar refractivity (Wildman–Crippen MR) is 102 cm³/mol. The number of para-hydroxylation sites is 1. The van der Waals surface area contributed by atoms with Crippen molar-refractivity contribution in [1.29, 1.82) is 0 Å². The molecule has 0 aliphatic carbocycles. The van der Waals surface area contributed by atoms with Crippen molar-refractivity contribution in [3.05, 3.63) is 67.1 Å². The number of anilines is 1. The van der Waals surface area contributed by atoms with Gasteiger partial charge in [0, 0.05) is 29.0 Å². The van der Waals surface area contributed by atoms with Gasteiger partial charge in [0.25, 0.3) is 0 Å². The molecular weight excluding hydrogens is 312 g/mol. The summed E-state index contributed by atoms with van der Waals surface area (Å²) in [6.07, 6.45) is 5.22. The molecule has 0 amide bonds. The minimum atomic E-state index is 0.751. The molecule has 4 aromatic rings. The highest BCUT2D eigenvalue weighted by Gasteiger charge is 2.14. The van der Waals surface area contributed by atoms with E-state index in [1.807, 2.05) is 50.2 Å². The monoisotopic (exact) mass is 332 g/mol. The fourth-order valence-corrected chi connectivity index (χ4v) is 2.49. The fourth-order valence-electron chi connectivity index (χ4n) is 2.49. The van der Waals surface area contributed by atoms with Crippen LogP contribution in [0.1, 0.15) is 19.4 Å². The maximum absolute atomic E-state index is 4.40. The summed E-state index contributed by atoms with van der Waals surface area (Å²) in [6, 6.07) is 11.8. The Bertz CT molecular complexity index is 968. The first-order valence-corrected chi connectivity index (χ1v) is 8.16. The zero-order valence-corrected chi connectivity index (χ0v) is 14.2. The lowest BCUT2D eigenvalue weighted by Gasteiger charge is -2.08. The van der Waals surface area contributed by atoms with Crippen molar-refractivity contribution in [3.63, 3.8) is 0 Å². The smallest absolute Gasteiger partial charge is 0.120 e. The first-order valence-electron chi connectivity index (χ1n) is 8.16. The second-order valence-corrected chi connectivity index (χ2v) is 5.12. The number of aromatic amines is 2. The van der Waals surface area contributed by atoms with E-state index in [-0.39, 0.29) is 0 Å². The highest BCUT2D eigenvalue weighted by Crippen LogP contribution is 2.31. The van der Waals surface area contributed by atoms with Crippen molar-refractivity contribution in [3.8, 4) is 11.4 Å². The van der Waals surface area contributed by atoms with E-state index >= 15 is 0 Å². The van der Waals surface area contributed by atoms with E-state index in [2.05, 4.69) is 37.3 Å². The molecule has 3 N–H and O–H groups in total. The fraction of sp³-hybridized carbons (Fsp3) is 0.105. The third kappa shape index (κ3) is 3.28. The number of benzene rings is 1. The Hall–Kier alpha value is -3.41. The van der Waals surface area contributed by atoms with Crippen molar-refractivity contribution in [2.75, 3.05) is 5.32 Å². The lowest BCUT2D eigenvalue weighted by molar-refractivity contribution is 1.07. The van der Waals surface area contributed by atoms with Gasteiger partial charge in [0.05, 0.1) is 17.4 Å². The highest BCUT2D eigenvalue weighted by molar-refractivity contribution is 5.95. The molecule has 126 valence electrons. The Morgan fingerprint density at radius 2 is 1.88 bits per heavy atom. The Labute approximate surface area is 146 Å². The van der Waals surface area contributed by atoms with Gasteiger partial charge >= 0.3 is 0 Å². The third-order valence-corrected chi connectivity index (χ3v) is 3.64. The van der Waals surface area contributed by atoms with Gasteiger partial charge in [-0.3, -0.25) is 15.2 Å². The van der Waals surface area contributed by atoms with Gasteiger partial charge in [-0.25, -0.2) is 0 Å². The second-order valence-electron chi connectivity index (χ2n) is 5.12. The molecule has 0 fully saturated rings. The maximum atomic E-state index is 4.40. The number of aromatic nitrogens is 5. The topological polar surface area (TPSA) is 82.3 Å². The van der Waals surface area contributed by atoms with E-state index in [1.165, 1.54) is 0 Å². The van der Waals surface area contributed by atoms with Gasteiger partial charge in [-0.15, -0.1) is 0 Å². The Balaban J connectivity index is 0.000000880. The molecule has 1 aromatic carbocycles. The summed E-state index contributed by atoms with van der Waals surface area (Å²) >= 11 is 0. The van der Waals surface area contributed by atoms with Gasteiger partial charge in [0.1, 0.15) is 11.4 Å². The second kappa shape index (κ2) is 7.44. The summed E-state index contributed by atoms with van der Waals surface area (Å²) in [5, 5.41) is 18.9. The minimum Gasteiger partial charge on any atom is -0.352 e. The average Bonchev–Trinajstić information content (AvgIpc) is 3.30. The molecular formula is C19H20N6.